The largest absolute Gasteiger partial charge is 0.351 e. The molecule has 1 aliphatic rings. The van der Waals surface area contributed by atoms with E-state index < -0.39 is 0 Å². The number of amides is 3. The fourth-order valence-electron chi connectivity index (χ4n) is 1.96. The van der Waals surface area contributed by atoms with Crippen LogP contribution in [0.15, 0.2) is 24.3 Å². The van der Waals surface area contributed by atoms with Gasteiger partial charge in [-0.3, -0.25) is 4.79 Å². The molecule has 2 rings (SSSR count). The van der Waals surface area contributed by atoms with Gasteiger partial charge >= 0.3 is 6.03 Å². The molecule has 0 heterocycles. The lowest BCUT2D eigenvalue weighted by atomic mass is 10.1. The second-order valence-electron chi connectivity index (χ2n) is 5.86. The van der Waals surface area contributed by atoms with Crippen LogP contribution in [-0.4, -0.2) is 50.1 Å². The minimum Gasteiger partial charge on any atom is -0.351 e. The SMILES string of the molecule is CN(C)CCNC(=O)c1cccc(CNC(=O)NC2CC2)c1. The van der Waals surface area contributed by atoms with Crippen LogP contribution in [0, 0.1) is 0 Å². The van der Waals surface area contributed by atoms with E-state index in [1.54, 1.807) is 6.07 Å². The Morgan fingerprint density at radius 2 is 2.00 bits per heavy atom. The van der Waals surface area contributed by atoms with Crippen LogP contribution >= 0.6 is 0 Å². The highest BCUT2D eigenvalue weighted by Crippen LogP contribution is 2.18. The van der Waals surface area contributed by atoms with Crippen LogP contribution in [0.4, 0.5) is 4.79 Å². The van der Waals surface area contributed by atoms with Gasteiger partial charge in [0.15, 0.2) is 0 Å². The van der Waals surface area contributed by atoms with E-state index in [4.69, 9.17) is 0 Å². The number of likely N-dealkylation sites (N-methyl/N-ethyl adjacent to an activating group) is 1. The molecule has 0 atom stereocenters. The maximum Gasteiger partial charge on any atom is 0.315 e. The first-order chi connectivity index (χ1) is 10.5. The Hall–Kier alpha value is -2.08. The van der Waals surface area contributed by atoms with Crippen molar-refractivity contribution < 1.29 is 9.59 Å². The summed E-state index contributed by atoms with van der Waals surface area (Å²) >= 11 is 0. The van der Waals surface area contributed by atoms with Gasteiger partial charge in [-0.15, -0.1) is 0 Å². The molecule has 120 valence electrons. The van der Waals surface area contributed by atoms with Crippen molar-refractivity contribution in [1.29, 1.82) is 0 Å². The molecule has 1 aromatic rings. The molecule has 1 fully saturated rings. The van der Waals surface area contributed by atoms with E-state index >= 15 is 0 Å². The van der Waals surface area contributed by atoms with Gasteiger partial charge in [0.1, 0.15) is 0 Å². The highest BCUT2D eigenvalue weighted by atomic mass is 16.2. The van der Waals surface area contributed by atoms with Crippen molar-refractivity contribution in [3.8, 4) is 0 Å². The summed E-state index contributed by atoms with van der Waals surface area (Å²) in [5, 5.41) is 8.55. The maximum absolute atomic E-state index is 12.0. The third-order valence-corrected chi connectivity index (χ3v) is 3.40. The number of nitrogens with one attached hydrogen (secondary N) is 3. The zero-order valence-electron chi connectivity index (χ0n) is 13.2. The van der Waals surface area contributed by atoms with Gasteiger partial charge in [0.2, 0.25) is 0 Å². The second kappa shape index (κ2) is 7.79. The van der Waals surface area contributed by atoms with E-state index in [1.165, 1.54) is 0 Å². The average Bonchev–Trinajstić information content (AvgIpc) is 3.29. The van der Waals surface area contributed by atoms with Crippen molar-refractivity contribution in [2.24, 2.45) is 0 Å². The topological polar surface area (TPSA) is 73.5 Å². The zero-order valence-corrected chi connectivity index (χ0v) is 13.2. The highest BCUT2D eigenvalue weighted by molar-refractivity contribution is 5.94. The highest BCUT2D eigenvalue weighted by Gasteiger charge is 2.22. The van der Waals surface area contributed by atoms with E-state index in [0.717, 1.165) is 24.9 Å². The van der Waals surface area contributed by atoms with Crippen molar-refractivity contribution in [3.63, 3.8) is 0 Å². The summed E-state index contributed by atoms with van der Waals surface area (Å²) < 4.78 is 0. The average molecular weight is 304 g/mol. The van der Waals surface area contributed by atoms with Crippen LogP contribution in [0.25, 0.3) is 0 Å². The van der Waals surface area contributed by atoms with Crippen LogP contribution in [0.1, 0.15) is 28.8 Å². The summed E-state index contributed by atoms with van der Waals surface area (Å²) in [5.41, 5.74) is 1.52. The Labute approximate surface area is 131 Å². The first kappa shape index (κ1) is 16.3. The Kier molecular flexibility index (Phi) is 5.77. The van der Waals surface area contributed by atoms with Gasteiger partial charge in [0.25, 0.3) is 5.91 Å². The molecule has 0 spiro atoms. The number of hydrogen-bond acceptors (Lipinski definition) is 3. The number of nitrogens with zero attached hydrogens (tertiary/aromatic N) is 1. The predicted octanol–water partition coefficient (Wildman–Crippen LogP) is 0.940. The monoisotopic (exact) mass is 304 g/mol. The second-order valence-corrected chi connectivity index (χ2v) is 5.86. The molecule has 0 aliphatic heterocycles. The molecule has 3 amide bonds. The Balaban J connectivity index is 1.80. The van der Waals surface area contributed by atoms with E-state index in [9.17, 15) is 9.59 Å². The van der Waals surface area contributed by atoms with Crippen molar-refractivity contribution in [3.05, 3.63) is 35.4 Å². The summed E-state index contributed by atoms with van der Waals surface area (Å²) in [5.74, 6) is -0.0915. The van der Waals surface area contributed by atoms with E-state index in [2.05, 4.69) is 16.0 Å². The summed E-state index contributed by atoms with van der Waals surface area (Å²) in [6.45, 7) is 1.82. The zero-order chi connectivity index (χ0) is 15.9. The molecular formula is C16H24N4O2. The molecule has 0 bridgehead atoms. The molecule has 0 radical (unpaired) electrons. The number of rotatable bonds is 7. The third-order valence-electron chi connectivity index (χ3n) is 3.40. The van der Waals surface area contributed by atoms with E-state index in [0.29, 0.717) is 24.7 Å². The minimum absolute atomic E-state index is 0.0915. The lowest BCUT2D eigenvalue weighted by Gasteiger charge is -2.11. The van der Waals surface area contributed by atoms with Gasteiger partial charge in [0.05, 0.1) is 0 Å². The fraction of sp³-hybridized carbons (Fsp3) is 0.500. The summed E-state index contributed by atoms with van der Waals surface area (Å²) in [4.78, 5) is 25.6. The molecule has 3 N–H and O–H groups in total. The quantitative estimate of drug-likeness (QED) is 0.702. The smallest absolute Gasteiger partial charge is 0.315 e. The van der Waals surface area contributed by atoms with Gasteiger partial charge in [-0.25, -0.2) is 4.79 Å². The molecule has 0 aromatic heterocycles. The molecule has 6 nitrogen and oxygen atoms in total. The number of carbonyl (C=O) groups is 2. The van der Waals surface area contributed by atoms with E-state index in [1.807, 2.05) is 37.2 Å². The number of urea groups is 1. The molecule has 1 aliphatic carbocycles. The Morgan fingerprint density at radius 3 is 2.68 bits per heavy atom. The lowest BCUT2D eigenvalue weighted by molar-refractivity contribution is 0.0951. The predicted molar refractivity (Wildman–Crippen MR) is 85.7 cm³/mol. The summed E-state index contributed by atoms with van der Waals surface area (Å²) in [7, 11) is 3.93. The van der Waals surface area contributed by atoms with Gasteiger partial charge in [-0.2, -0.15) is 0 Å². The number of hydrogen-bond donors (Lipinski definition) is 3. The number of carbonyl (C=O) groups excluding carboxylic acids is 2. The molecule has 22 heavy (non-hydrogen) atoms. The standard InChI is InChI=1S/C16H24N4O2/c1-20(2)9-8-17-15(21)13-5-3-4-12(10-13)11-18-16(22)19-14-6-7-14/h3-5,10,14H,6-9,11H2,1-2H3,(H,17,21)(H2,18,19,22). The van der Waals surface area contributed by atoms with Crippen LogP contribution in [0.5, 0.6) is 0 Å². The van der Waals surface area contributed by atoms with Crippen LogP contribution in [0.2, 0.25) is 0 Å². The normalized spacial score (nSPS) is 13.8. The first-order valence-corrected chi connectivity index (χ1v) is 7.61. The van der Waals surface area contributed by atoms with Crippen molar-refractivity contribution in [1.82, 2.24) is 20.9 Å². The van der Waals surface area contributed by atoms with Gasteiger partial charge < -0.3 is 20.9 Å². The van der Waals surface area contributed by atoms with Gasteiger partial charge in [-0.1, -0.05) is 12.1 Å². The number of benzene rings is 1. The molecule has 1 aromatic carbocycles. The van der Waals surface area contributed by atoms with Crippen molar-refractivity contribution in [2.75, 3.05) is 27.2 Å². The molecular weight excluding hydrogens is 280 g/mol. The maximum atomic E-state index is 12.0. The van der Waals surface area contributed by atoms with Crippen molar-refractivity contribution >= 4 is 11.9 Å². The summed E-state index contributed by atoms with van der Waals surface area (Å²) in [6, 6.07) is 7.50. The molecule has 0 unspecified atom stereocenters. The Morgan fingerprint density at radius 1 is 1.23 bits per heavy atom. The van der Waals surface area contributed by atoms with Crippen LogP contribution < -0.4 is 16.0 Å². The fourth-order valence-corrected chi connectivity index (χ4v) is 1.96. The van der Waals surface area contributed by atoms with Gasteiger partial charge in [-0.05, 0) is 44.6 Å². The Bertz CT molecular complexity index is 527. The summed E-state index contributed by atoms with van der Waals surface area (Å²) in [6.07, 6.45) is 2.13. The van der Waals surface area contributed by atoms with Gasteiger partial charge in [0, 0.05) is 31.2 Å². The van der Waals surface area contributed by atoms with Crippen molar-refractivity contribution in [2.45, 2.75) is 25.4 Å². The van der Waals surface area contributed by atoms with Crippen LogP contribution in [-0.2, 0) is 6.54 Å². The lowest BCUT2D eigenvalue weighted by Crippen LogP contribution is -2.36. The molecule has 6 heteroatoms. The molecule has 0 saturated heterocycles. The first-order valence-electron chi connectivity index (χ1n) is 7.61. The third kappa shape index (κ3) is 5.73. The van der Waals surface area contributed by atoms with E-state index in [-0.39, 0.29) is 11.9 Å². The molecule has 1 saturated carbocycles. The van der Waals surface area contributed by atoms with Crippen LogP contribution in [0.3, 0.4) is 0 Å². The minimum atomic E-state index is -0.150.